The van der Waals surface area contributed by atoms with E-state index in [-0.39, 0.29) is 5.91 Å². The van der Waals surface area contributed by atoms with Crippen LogP contribution in [0, 0.1) is 0 Å². The molecule has 0 fully saturated rings. The van der Waals surface area contributed by atoms with Crippen LogP contribution < -0.4 is 5.32 Å². The SMILES string of the molecule is O=C(Nc1cnc(Br)cn1)c1ccn[nH]1. The average molecular weight is 268 g/mol. The molecule has 7 heteroatoms. The van der Waals surface area contributed by atoms with Gasteiger partial charge in [-0.25, -0.2) is 9.97 Å². The molecular weight excluding hydrogens is 262 g/mol. The van der Waals surface area contributed by atoms with Crippen molar-refractivity contribution < 1.29 is 4.79 Å². The summed E-state index contributed by atoms with van der Waals surface area (Å²) in [6, 6.07) is 1.57. The van der Waals surface area contributed by atoms with E-state index in [4.69, 9.17) is 0 Å². The maximum atomic E-state index is 11.5. The molecule has 1 amide bonds. The third-order valence-corrected chi connectivity index (χ3v) is 2.02. The van der Waals surface area contributed by atoms with Crippen LogP contribution in [0.15, 0.2) is 29.3 Å². The maximum absolute atomic E-state index is 11.5. The molecule has 0 atom stereocenters. The van der Waals surface area contributed by atoms with E-state index in [9.17, 15) is 4.79 Å². The van der Waals surface area contributed by atoms with Crippen molar-refractivity contribution in [3.05, 3.63) is 35.0 Å². The summed E-state index contributed by atoms with van der Waals surface area (Å²) in [5.74, 6) is 0.0851. The van der Waals surface area contributed by atoms with Gasteiger partial charge >= 0.3 is 0 Å². The van der Waals surface area contributed by atoms with Crippen LogP contribution in [0.3, 0.4) is 0 Å². The zero-order valence-corrected chi connectivity index (χ0v) is 9.02. The Balaban J connectivity index is 2.09. The monoisotopic (exact) mass is 267 g/mol. The van der Waals surface area contributed by atoms with Crippen LogP contribution in [0.25, 0.3) is 0 Å². The summed E-state index contributed by atoms with van der Waals surface area (Å²) in [5.41, 5.74) is 0.375. The van der Waals surface area contributed by atoms with Gasteiger partial charge in [0.25, 0.3) is 5.91 Å². The van der Waals surface area contributed by atoms with Gasteiger partial charge in [-0.05, 0) is 22.0 Å². The number of aromatic nitrogens is 4. The van der Waals surface area contributed by atoms with E-state index in [1.807, 2.05) is 0 Å². The van der Waals surface area contributed by atoms with Crippen LogP contribution in [0.2, 0.25) is 0 Å². The summed E-state index contributed by atoms with van der Waals surface area (Å²) in [7, 11) is 0. The fraction of sp³-hybridized carbons (Fsp3) is 0. The third-order valence-electron chi connectivity index (χ3n) is 1.61. The van der Waals surface area contributed by atoms with Crippen molar-refractivity contribution >= 4 is 27.7 Å². The molecule has 0 aliphatic heterocycles. The summed E-state index contributed by atoms with van der Waals surface area (Å²) in [5, 5.41) is 8.79. The maximum Gasteiger partial charge on any atom is 0.274 e. The fourth-order valence-electron chi connectivity index (χ4n) is 0.943. The van der Waals surface area contributed by atoms with Crippen molar-refractivity contribution in [2.75, 3.05) is 5.32 Å². The Morgan fingerprint density at radius 2 is 2.27 bits per heavy atom. The van der Waals surface area contributed by atoms with Crippen molar-refractivity contribution in [1.82, 2.24) is 20.2 Å². The standard InChI is InChI=1S/C8H6BrN5O/c9-6-3-11-7(4-10-6)13-8(15)5-1-2-12-14-5/h1-4H,(H,12,14)(H,11,13,15). The zero-order chi connectivity index (χ0) is 10.7. The number of halogens is 1. The summed E-state index contributed by atoms with van der Waals surface area (Å²) in [4.78, 5) is 19.4. The lowest BCUT2D eigenvalue weighted by atomic mass is 10.4. The van der Waals surface area contributed by atoms with Crippen molar-refractivity contribution in [1.29, 1.82) is 0 Å². The second-order valence-corrected chi connectivity index (χ2v) is 3.46. The second-order valence-electron chi connectivity index (χ2n) is 2.65. The number of H-pyrrole nitrogens is 1. The van der Waals surface area contributed by atoms with Crippen molar-refractivity contribution in [3.8, 4) is 0 Å². The number of hydrogen-bond acceptors (Lipinski definition) is 4. The highest BCUT2D eigenvalue weighted by Crippen LogP contribution is 2.07. The molecule has 0 aliphatic rings. The third kappa shape index (κ3) is 2.38. The van der Waals surface area contributed by atoms with Crippen molar-refractivity contribution in [2.24, 2.45) is 0 Å². The van der Waals surface area contributed by atoms with Gasteiger partial charge in [0.1, 0.15) is 10.3 Å². The van der Waals surface area contributed by atoms with Gasteiger partial charge in [-0.15, -0.1) is 0 Å². The van der Waals surface area contributed by atoms with Gasteiger partial charge in [-0.2, -0.15) is 5.10 Å². The Bertz CT molecular complexity index is 452. The second kappa shape index (κ2) is 4.18. The minimum Gasteiger partial charge on any atom is -0.304 e. The van der Waals surface area contributed by atoms with Gasteiger partial charge in [0.2, 0.25) is 0 Å². The van der Waals surface area contributed by atoms with Gasteiger partial charge in [-0.1, -0.05) is 0 Å². The molecule has 2 aromatic rings. The van der Waals surface area contributed by atoms with Gasteiger partial charge < -0.3 is 5.32 Å². The van der Waals surface area contributed by atoms with E-state index < -0.39 is 0 Å². The largest absolute Gasteiger partial charge is 0.304 e. The molecule has 76 valence electrons. The van der Waals surface area contributed by atoms with Crippen molar-refractivity contribution in [3.63, 3.8) is 0 Å². The quantitative estimate of drug-likeness (QED) is 0.857. The number of nitrogens with one attached hydrogen (secondary N) is 2. The molecule has 0 saturated carbocycles. The van der Waals surface area contributed by atoms with Crippen LogP contribution in [0.4, 0.5) is 5.82 Å². The molecule has 6 nitrogen and oxygen atoms in total. The Hall–Kier alpha value is -1.76. The van der Waals surface area contributed by atoms with E-state index in [0.29, 0.717) is 16.1 Å². The summed E-state index contributed by atoms with van der Waals surface area (Å²) in [6.45, 7) is 0. The number of hydrogen-bond donors (Lipinski definition) is 2. The molecule has 0 aromatic carbocycles. The first-order valence-corrected chi connectivity index (χ1v) is 4.83. The Labute approximate surface area is 93.3 Å². The molecule has 0 spiro atoms. The molecule has 0 bridgehead atoms. The Kier molecular flexibility index (Phi) is 2.72. The first kappa shape index (κ1) is 9.78. The predicted molar refractivity (Wildman–Crippen MR) is 56.3 cm³/mol. The fourth-order valence-corrected chi connectivity index (χ4v) is 1.15. The smallest absolute Gasteiger partial charge is 0.274 e. The molecule has 2 heterocycles. The molecule has 0 saturated heterocycles. The predicted octanol–water partition coefficient (Wildman–Crippen LogP) is 1.21. The average Bonchev–Trinajstić information content (AvgIpc) is 2.74. The topological polar surface area (TPSA) is 83.6 Å². The lowest BCUT2D eigenvalue weighted by Crippen LogP contribution is -2.13. The normalized spacial score (nSPS) is 9.93. The number of aromatic amines is 1. The van der Waals surface area contributed by atoms with Crippen LogP contribution in [-0.2, 0) is 0 Å². The minimum atomic E-state index is -0.302. The number of amides is 1. The molecule has 2 aromatic heterocycles. The lowest BCUT2D eigenvalue weighted by molar-refractivity contribution is 0.102. The van der Waals surface area contributed by atoms with Gasteiger partial charge in [-0.3, -0.25) is 9.89 Å². The summed E-state index contributed by atoms with van der Waals surface area (Å²) in [6.07, 6.45) is 4.46. The van der Waals surface area contributed by atoms with Crippen LogP contribution >= 0.6 is 15.9 Å². The minimum absolute atomic E-state index is 0.302. The number of carbonyl (C=O) groups excluding carboxylic acids is 1. The highest BCUT2D eigenvalue weighted by molar-refractivity contribution is 9.10. The van der Waals surface area contributed by atoms with E-state index in [2.05, 4.69) is 41.4 Å². The van der Waals surface area contributed by atoms with E-state index in [1.54, 1.807) is 6.07 Å². The first-order valence-electron chi connectivity index (χ1n) is 4.04. The number of carbonyl (C=O) groups is 1. The zero-order valence-electron chi connectivity index (χ0n) is 7.44. The first-order chi connectivity index (χ1) is 7.25. The van der Waals surface area contributed by atoms with Gasteiger partial charge in [0.05, 0.1) is 12.4 Å². The molecule has 0 unspecified atom stereocenters. The van der Waals surface area contributed by atoms with Crippen LogP contribution in [0.5, 0.6) is 0 Å². The Morgan fingerprint density at radius 3 is 2.87 bits per heavy atom. The molecule has 0 radical (unpaired) electrons. The van der Waals surface area contributed by atoms with Gasteiger partial charge in [0.15, 0.2) is 5.82 Å². The molecular formula is C8H6BrN5O. The Morgan fingerprint density at radius 1 is 1.40 bits per heavy atom. The highest BCUT2D eigenvalue weighted by atomic mass is 79.9. The van der Waals surface area contributed by atoms with Crippen LogP contribution in [-0.4, -0.2) is 26.1 Å². The van der Waals surface area contributed by atoms with Crippen molar-refractivity contribution in [2.45, 2.75) is 0 Å². The molecule has 15 heavy (non-hydrogen) atoms. The van der Waals surface area contributed by atoms with Gasteiger partial charge in [0, 0.05) is 6.20 Å². The summed E-state index contributed by atoms with van der Waals surface area (Å²) >= 11 is 3.15. The van der Waals surface area contributed by atoms with Crippen LogP contribution in [0.1, 0.15) is 10.5 Å². The highest BCUT2D eigenvalue weighted by Gasteiger charge is 2.07. The molecule has 2 rings (SSSR count). The van der Waals surface area contributed by atoms with E-state index in [1.165, 1.54) is 18.6 Å². The number of rotatable bonds is 2. The molecule has 0 aliphatic carbocycles. The van der Waals surface area contributed by atoms with E-state index in [0.717, 1.165) is 0 Å². The molecule has 2 N–H and O–H groups in total. The summed E-state index contributed by atoms with van der Waals surface area (Å²) < 4.78 is 0.613. The number of nitrogens with zero attached hydrogens (tertiary/aromatic N) is 3. The van der Waals surface area contributed by atoms with E-state index >= 15 is 0 Å². The number of anilines is 1. The lowest BCUT2D eigenvalue weighted by Gasteiger charge is -2.00.